The van der Waals surface area contributed by atoms with Crippen molar-refractivity contribution in [2.24, 2.45) is 5.92 Å². The van der Waals surface area contributed by atoms with Gasteiger partial charge in [-0.2, -0.15) is 0 Å². The molecule has 0 bridgehead atoms. The molecule has 1 aliphatic heterocycles. The Bertz CT molecular complexity index is 1400. The maximum atomic E-state index is 13.3. The lowest BCUT2D eigenvalue weighted by molar-refractivity contribution is -0.142. The van der Waals surface area contributed by atoms with Crippen LogP contribution in [0.5, 0.6) is 0 Å². The maximum Gasteiger partial charge on any atom is 0.407 e. The molecule has 2 aromatic rings. The summed E-state index contributed by atoms with van der Waals surface area (Å²) in [5, 5.41) is 17.3. The van der Waals surface area contributed by atoms with E-state index in [-0.39, 0.29) is 37.0 Å². The number of hydrogen-bond donors (Lipinski definition) is 3. The maximum absolute atomic E-state index is 13.3. The van der Waals surface area contributed by atoms with E-state index in [2.05, 4.69) is 24.5 Å². The minimum Gasteiger partial charge on any atom is -0.478 e. The van der Waals surface area contributed by atoms with Gasteiger partial charge >= 0.3 is 18.0 Å². The van der Waals surface area contributed by atoms with Crippen molar-refractivity contribution in [3.63, 3.8) is 0 Å². The highest BCUT2D eigenvalue weighted by Gasteiger charge is 2.42. The first kappa shape index (κ1) is 33.4. The number of benzene rings is 2. The molecule has 8 nitrogen and oxygen atoms in total. The number of carbonyl (C=O) groups excluding carboxylic acids is 2. The molecule has 0 radical (unpaired) electrons. The second kappa shape index (κ2) is 13.9. The van der Waals surface area contributed by atoms with Crippen molar-refractivity contribution in [3.8, 4) is 0 Å². The lowest BCUT2D eigenvalue weighted by Gasteiger charge is -2.42. The predicted molar refractivity (Wildman–Crippen MR) is 168 cm³/mol. The molecule has 2 aromatic carbocycles. The minimum absolute atomic E-state index is 0.0828. The smallest absolute Gasteiger partial charge is 0.407 e. The predicted octanol–water partition coefficient (Wildman–Crippen LogP) is 6.37. The summed E-state index contributed by atoms with van der Waals surface area (Å²) in [6, 6.07) is 15.3. The second-order valence-electron chi connectivity index (χ2n) is 12.7. The summed E-state index contributed by atoms with van der Waals surface area (Å²) in [5.41, 5.74) is 4.04. The number of hydrogen-bond acceptors (Lipinski definition) is 6. The number of ether oxygens (including phenoxy) is 2. The van der Waals surface area contributed by atoms with Gasteiger partial charge in [-0.15, -0.1) is 0 Å². The summed E-state index contributed by atoms with van der Waals surface area (Å²) < 4.78 is 10.7. The van der Waals surface area contributed by atoms with Gasteiger partial charge in [0.1, 0.15) is 5.60 Å². The van der Waals surface area contributed by atoms with Crippen LogP contribution in [0.1, 0.15) is 77.1 Å². The molecule has 1 atom stereocenters. The first-order valence-corrected chi connectivity index (χ1v) is 14.9. The van der Waals surface area contributed by atoms with Gasteiger partial charge in [0, 0.05) is 17.8 Å². The van der Waals surface area contributed by atoms with Gasteiger partial charge in [0.2, 0.25) is 0 Å². The number of carboxylic acid groups (broad SMARTS) is 1. The van der Waals surface area contributed by atoms with E-state index < -0.39 is 23.2 Å². The molecule has 1 heterocycles. The molecule has 0 aliphatic carbocycles. The van der Waals surface area contributed by atoms with Gasteiger partial charge in [0.25, 0.3) is 0 Å². The number of dihydropyridines is 1. The number of aliphatic carboxylic acids is 1. The number of allylic oxidation sites excluding steroid dienone is 1. The molecule has 0 saturated heterocycles. The lowest BCUT2D eigenvalue weighted by Crippen LogP contribution is -2.52. The highest BCUT2D eigenvalue weighted by Crippen LogP contribution is 2.41. The molecule has 3 rings (SSSR count). The first-order chi connectivity index (χ1) is 20.1. The van der Waals surface area contributed by atoms with Crippen molar-refractivity contribution in [3.05, 3.63) is 87.6 Å². The van der Waals surface area contributed by atoms with Crippen molar-refractivity contribution in [1.29, 1.82) is 0 Å². The zero-order valence-electron chi connectivity index (χ0n) is 26.7. The molecule has 8 heteroatoms. The fourth-order valence-corrected chi connectivity index (χ4v) is 5.47. The monoisotopic (exact) mass is 590 g/mol. The van der Waals surface area contributed by atoms with Gasteiger partial charge in [-0.1, -0.05) is 67.9 Å². The van der Waals surface area contributed by atoms with E-state index in [1.54, 1.807) is 27.7 Å². The van der Waals surface area contributed by atoms with Gasteiger partial charge in [-0.3, -0.25) is 4.79 Å². The van der Waals surface area contributed by atoms with E-state index >= 15 is 0 Å². The van der Waals surface area contributed by atoms with Crippen molar-refractivity contribution >= 4 is 23.6 Å². The van der Waals surface area contributed by atoms with Crippen molar-refractivity contribution in [2.45, 2.75) is 85.8 Å². The molecule has 0 spiro atoms. The Morgan fingerprint density at radius 1 is 1.02 bits per heavy atom. The highest BCUT2D eigenvalue weighted by molar-refractivity contribution is 6.04. The molecular weight excluding hydrogens is 544 g/mol. The Morgan fingerprint density at radius 3 is 2.21 bits per heavy atom. The summed E-state index contributed by atoms with van der Waals surface area (Å²) in [6.45, 7) is 15.6. The number of esters is 1. The average molecular weight is 591 g/mol. The third-order valence-electron chi connectivity index (χ3n) is 7.17. The molecule has 1 amide bonds. The quantitative estimate of drug-likeness (QED) is 0.261. The Balaban J connectivity index is 2.21. The number of rotatable bonds is 11. The van der Waals surface area contributed by atoms with Crippen molar-refractivity contribution < 1.29 is 29.0 Å². The van der Waals surface area contributed by atoms with Crippen LogP contribution in [0.15, 0.2) is 65.4 Å². The molecule has 0 saturated carbocycles. The van der Waals surface area contributed by atoms with Gasteiger partial charge in [-0.05, 0) is 82.6 Å². The number of carboxylic acids is 1. The number of alkyl carbamates (subject to hydrolysis) is 1. The Kier molecular flexibility index (Phi) is 10.8. The molecule has 0 fully saturated rings. The van der Waals surface area contributed by atoms with Crippen LogP contribution in [0.4, 0.5) is 4.79 Å². The second-order valence-corrected chi connectivity index (χ2v) is 12.7. The number of nitrogens with one attached hydrogen (secondary N) is 2. The molecule has 3 N–H and O–H groups in total. The average Bonchev–Trinajstić information content (AvgIpc) is 2.88. The third kappa shape index (κ3) is 8.96. The normalized spacial score (nSPS) is 17.0. The molecule has 1 unspecified atom stereocenters. The standard InChI is InChI=1S/C35H46N2O6/c1-9-42-29(38)19-25-12-10-11-13-26(25)20-35(8)31(32(39)40)30(24-16-14-23(4)15-17-24)27(28(37-35)18-22(2)3)21-36-33(41)43-34(5,6)7/h10-17,22,37H,9,18-21H2,1-8H3,(H,36,41)(H,39,40). The summed E-state index contributed by atoms with van der Waals surface area (Å²) >= 11 is 0. The zero-order valence-corrected chi connectivity index (χ0v) is 26.7. The van der Waals surface area contributed by atoms with Gasteiger partial charge in [-0.25, -0.2) is 9.59 Å². The fraction of sp³-hybridized carbons (Fsp3) is 0.457. The molecule has 0 aromatic heterocycles. The van der Waals surface area contributed by atoms with Crippen LogP contribution in [-0.4, -0.2) is 47.4 Å². The first-order valence-electron chi connectivity index (χ1n) is 14.9. The summed E-state index contributed by atoms with van der Waals surface area (Å²) in [6.07, 6.45) is 0.462. The minimum atomic E-state index is -1.06. The van der Waals surface area contributed by atoms with E-state index in [9.17, 15) is 19.5 Å². The number of amides is 1. The van der Waals surface area contributed by atoms with E-state index in [1.165, 1.54) is 0 Å². The molecule has 43 heavy (non-hydrogen) atoms. The van der Waals surface area contributed by atoms with Gasteiger partial charge in [0.15, 0.2) is 0 Å². The van der Waals surface area contributed by atoms with Crippen LogP contribution < -0.4 is 10.6 Å². The van der Waals surface area contributed by atoms with Crippen LogP contribution in [0, 0.1) is 12.8 Å². The number of aryl methyl sites for hydroxylation is 1. The largest absolute Gasteiger partial charge is 0.478 e. The highest BCUT2D eigenvalue weighted by atomic mass is 16.6. The van der Waals surface area contributed by atoms with Crippen LogP contribution in [-0.2, 0) is 31.9 Å². The van der Waals surface area contributed by atoms with E-state index in [0.29, 0.717) is 24.0 Å². The fourth-order valence-electron chi connectivity index (χ4n) is 5.47. The van der Waals surface area contributed by atoms with Gasteiger partial charge < -0.3 is 25.2 Å². The SMILES string of the molecule is CCOC(=O)Cc1ccccc1CC1(C)NC(CC(C)C)=C(CNC(=O)OC(C)(C)C)C(c2ccc(C)cc2)=C1C(=O)O. The van der Waals surface area contributed by atoms with E-state index in [0.717, 1.165) is 28.0 Å². The van der Waals surface area contributed by atoms with Crippen molar-refractivity contribution in [1.82, 2.24) is 10.6 Å². The van der Waals surface area contributed by atoms with E-state index in [1.807, 2.05) is 62.4 Å². The van der Waals surface area contributed by atoms with E-state index in [4.69, 9.17) is 9.47 Å². The van der Waals surface area contributed by atoms with Crippen LogP contribution >= 0.6 is 0 Å². The van der Waals surface area contributed by atoms with Crippen LogP contribution in [0.25, 0.3) is 5.57 Å². The molecule has 1 aliphatic rings. The Morgan fingerprint density at radius 2 is 1.65 bits per heavy atom. The van der Waals surface area contributed by atoms with Crippen LogP contribution in [0.2, 0.25) is 0 Å². The molecular formula is C35H46N2O6. The topological polar surface area (TPSA) is 114 Å². The van der Waals surface area contributed by atoms with Gasteiger partial charge in [0.05, 0.1) is 24.1 Å². The summed E-state index contributed by atoms with van der Waals surface area (Å²) in [5.74, 6) is -1.15. The summed E-state index contributed by atoms with van der Waals surface area (Å²) in [4.78, 5) is 38.4. The third-order valence-corrected chi connectivity index (χ3v) is 7.17. The number of carbonyl (C=O) groups is 3. The Hall–Kier alpha value is -4.07. The zero-order chi connectivity index (χ0) is 31.9. The summed E-state index contributed by atoms with van der Waals surface area (Å²) in [7, 11) is 0. The van der Waals surface area contributed by atoms with Crippen LogP contribution in [0.3, 0.4) is 0 Å². The lowest BCUT2D eigenvalue weighted by atomic mass is 9.74. The van der Waals surface area contributed by atoms with Crippen molar-refractivity contribution in [2.75, 3.05) is 13.2 Å². The molecule has 232 valence electrons. The Labute approximate surface area is 255 Å².